The van der Waals surface area contributed by atoms with Gasteiger partial charge in [0.25, 0.3) is 5.91 Å². The summed E-state index contributed by atoms with van der Waals surface area (Å²) in [6.07, 6.45) is 3.13. The number of rotatable bonds is 7. The van der Waals surface area contributed by atoms with Gasteiger partial charge in [-0.15, -0.1) is 0 Å². The minimum atomic E-state index is -0.673. The number of para-hydroxylation sites is 1. The molecule has 1 N–H and O–H groups in total. The smallest absolute Gasteiger partial charge is 0.356 e. The molecule has 0 radical (unpaired) electrons. The van der Waals surface area contributed by atoms with Crippen LogP contribution in [-0.4, -0.2) is 52.6 Å². The molecule has 7 heteroatoms. The van der Waals surface area contributed by atoms with Crippen LogP contribution in [0.5, 0.6) is 0 Å². The maximum Gasteiger partial charge on any atom is 0.356 e. The van der Waals surface area contributed by atoms with Crippen LogP contribution in [0.1, 0.15) is 40.1 Å². The van der Waals surface area contributed by atoms with Crippen molar-refractivity contribution in [2.24, 2.45) is 5.92 Å². The summed E-state index contributed by atoms with van der Waals surface area (Å²) in [5, 5.41) is 0.774. The molecule has 1 aromatic heterocycles. The predicted octanol–water partition coefficient (Wildman–Crippen LogP) is 5.01. The van der Waals surface area contributed by atoms with Gasteiger partial charge in [-0.1, -0.05) is 63.4 Å². The first-order valence-corrected chi connectivity index (χ1v) is 11.7. The van der Waals surface area contributed by atoms with Gasteiger partial charge in [-0.2, -0.15) is 0 Å². The van der Waals surface area contributed by atoms with Gasteiger partial charge in [-0.05, 0) is 23.6 Å². The van der Waals surface area contributed by atoms with Crippen molar-refractivity contribution in [3.8, 4) is 0 Å². The van der Waals surface area contributed by atoms with Crippen molar-refractivity contribution in [1.82, 2.24) is 14.8 Å². The first kappa shape index (κ1) is 24.7. The highest BCUT2D eigenvalue weighted by Crippen LogP contribution is 2.31. The number of carbonyl (C=O) groups is 3. The summed E-state index contributed by atoms with van der Waals surface area (Å²) in [6, 6.07) is 14.5. The lowest BCUT2D eigenvalue weighted by molar-refractivity contribution is -0.138. The number of nitrogens with one attached hydrogen (secondary N) is 1. The average Bonchev–Trinajstić information content (AvgIpc) is 3.35. The highest BCUT2D eigenvalue weighted by Gasteiger charge is 2.32. The maximum atomic E-state index is 13.5. The van der Waals surface area contributed by atoms with Crippen molar-refractivity contribution in [2.75, 3.05) is 20.2 Å². The minimum absolute atomic E-state index is 0.0426. The van der Waals surface area contributed by atoms with Gasteiger partial charge in [0, 0.05) is 47.6 Å². The molecule has 1 amide bonds. The number of esters is 1. The quantitative estimate of drug-likeness (QED) is 0.290. The van der Waals surface area contributed by atoms with Gasteiger partial charge in [-0.25, -0.2) is 4.79 Å². The summed E-state index contributed by atoms with van der Waals surface area (Å²) < 4.78 is 4.92. The second-order valence-corrected chi connectivity index (χ2v) is 8.91. The predicted molar refractivity (Wildman–Crippen MR) is 140 cm³/mol. The molecule has 0 saturated heterocycles. The van der Waals surface area contributed by atoms with E-state index < -0.39 is 5.97 Å². The lowest BCUT2D eigenvalue weighted by atomic mass is 9.94. The Morgan fingerprint density at radius 1 is 0.972 bits per heavy atom. The van der Waals surface area contributed by atoms with Crippen molar-refractivity contribution in [3.63, 3.8) is 0 Å². The van der Waals surface area contributed by atoms with Gasteiger partial charge in [0.2, 0.25) is 5.78 Å². The van der Waals surface area contributed by atoms with E-state index in [2.05, 4.69) is 32.0 Å². The Bertz CT molecular complexity index is 1400. The van der Waals surface area contributed by atoms with E-state index in [0.717, 1.165) is 22.0 Å². The first-order chi connectivity index (χ1) is 17.2. The SMILES string of the molecule is C=C(c1cccc2c(C(=O)C(=C)N3C=C(C(=O)OC)N(C(=O)c4ccccc4)CC3)c[nH]c12)C(C)C. The van der Waals surface area contributed by atoms with Crippen LogP contribution >= 0.6 is 0 Å². The molecule has 2 aromatic carbocycles. The zero-order chi connectivity index (χ0) is 26.0. The normalized spacial score (nSPS) is 13.5. The highest BCUT2D eigenvalue weighted by molar-refractivity contribution is 6.16. The van der Waals surface area contributed by atoms with Crippen LogP contribution in [0.15, 0.2) is 85.5 Å². The van der Waals surface area contributed by atoms with Gasteiger partial charge in [-0.3, -0.25) is 14.5 Å². The summed E-state index contributed by atoms with van der Waals surface area (Å²) in [5.74, 6) is -1.02. The zero-order valence-corrected chi connectivity index (χ0v) is 20.7. The topological polar surface area (TPSA) is 82.7 Å². The Kier molecular flexibility index (Phi) is 6.92. The van der Waals surface area contributed by atoms with Crippen LogP contribution < -0.4 is 0 Å². The molecule has 2 heterocycles. The second-order valence-electron chi connectivity index (χ2n) is 8.91. The fourth-order valence-corrected chi connectivity index (χ4v) is 4.24. The Labute approximate surface area is 210 Å². The standard InChI is InChI=1S/C29H29N3O4/c1-18(2)19(3)22-12-9-13-23-24(16-30-26(22)23)27(33)20(4)31-14-15-32(25(17-31)29(35)36-5)28(34)21-10-7-6-8-11-21/h6-13,16-18,30H,3-4,14-15H2,1-2,5H3. The summed E-state index contributed by atoms with van der Waals surface area (Å²) >= 11 is 0. The van der Waals surface area contributed by atoms with Crippen molar-refractivity contribution < 1.29 is 19.1 Å². The molecule has 0 fully saturated rings. The van der Waals surface area contributed by atoms with Crippen LogP contribution in [0.25, 0.3) is 16.5 Å². The zero-order valence-electron chi connectivity index (χ0n) is 20.7. The van der Waals surface area contributed by atoms with Crippen molar-refractivity contribution in [1.29, 1.82) is 0 Å². The molecular formula is C29H29N3O4. The molecule has 1 aliphatic heterocycles. The Balaban J connectivity index is 1.65. The molecule has 0 aliphatic carbocycles. The van der Waals surface area contributed by atoms with Crippen molar-refractivity contribution in [3.05, 3.63) is 102 Å². The number of ether oxygens (including phenoxy) is 1. The third kappa shape index (κ3) is 4.47. The van der Waals surface area contributed by atoms with Crippen LogP contribution in [0, 0.1) is 5.92 Å². The molecule has 0 saturated carbocycles. The molecule has 4 rings (SSSR count). The number of aromatic nitrogens is 1. The molecular weight excluding hydrogens is 454 g/mol. The number of hydrogen-bond acceptors (Lipinski definition) is 5. The number of allylic oxidation sites excluding steroid dienone is 2. The van der Waals surface area contributed by atoms with Gasteiger partial charge in [0.15, 0.2) is 0 Å². The number of nitrogens with zero attached hydrogens (tertiary/aromatic N) is 2. The number of fused-ring (bicyclic) bond motifs is 1. The number of methoxy groups -OCH3 is 1. The van der Waals surface area contributed by atoms with Crippen LogP contribution in [-0.2, 0) is 9.53 Å². The molecule has 36 heavy (non-hydrogen) atoms. The molecule has 184 valence electrons. The third-order valence-electron chi connectivity index (χ3n) is 6.41. The molecule has 0 spiro atoms. The fourth-order valence-electron chi connectivity index (χ4n) is 4.24. The molecule has 7 nitrogen and oxygen atoms in total. The monoisotopic (exact) mass is 483 g/mol. The summed E-state index contributed by atoms with van der Waals surface area (Å²) in [4.78, 5) is 45.3. The van der Waals surface area contributed by atoms with Crippen molar-refractivity contribution >= 4 is 34.1 Å². The third-order valence-corrected chi connectivity index (χ3v) is 6.41. The number of amides is 1. The van der Waals surface area contributed by atoms with Crippen LogP contribution in [0.2, 0.25) is 0 Å². The molecule has 0 atom stereocenters. The lowest BCUT2D eigenvalue weighted by Crippen LogP contribution is -2.44. The largest absolute Gasteiger partial charge is 0.464 e. The van der Waals surface area contributed by atoms with E-state index in [-0.39, 0.29) is 35.5 Å². The second kappa shape index (κ2) is 10.1. The van der Waals surface area contributed by atoms with E-state index in [9.17, 15) is 14.4 Å². The number of aromatic amines is 1. The number of benzene rings is 2. The Morgan fingerprint density at radius 2 is 1.69 bits per heavy atom. The fraction of sp³-hybridized carbons (Fsp3) is 0.207. The molecule has 3 aromatic rings. The number of H-pyrrole nitrogens is 1. The Hall–Kier alpha value is -4.39. The first-order valence-electron chi connectivity index (χ1n) is 11.7. The van der Waals surface area contributed by atoms with Gasteiger partial charge < -0.3 is 14.6 Å². The number of ketones is 1. The highest BCUT2D eigenvalue weighted by atomic mass is 16.5. The Morgan fingerprint density at radius 3 is 2.36 bits per heavy atom. The van der Waals surface area contributed by atoms with E-state index >= 15 is 0 Å². The van der Waals surface area contributed by atoms with Gasteiger partial charge in [0.1, 0.15) is 5.70 Å². The molecule has 0 bridgehead atoms. The summed E-state index contributed by atoms with van der Waals surface area (Å²) in [6.45, 7) is 12.8. The maximum absolute atomic E-state index is 13.5. The van der Waals surface area contributed by atoms with Crippen LogP contribution in [0.4, 0.5) is 0 Å². The van der Waals surface area contributed by atoms with Crippen molar-refractivity contribution in [2.45, 2.75) is 13.8 Å². The minimum Gasteiger partial charge on any atom is -0.464 e. The van der Waals surface area contributed by atoms with Crippen LogP contribution in [0.3, 0.4) is 0 Å². The average molecular weight is 484 g/mol. The van der Waals surface area contributed by atoms with E-state index in [1.54, 1.807) is 35.4 Å². The summed E-state index contributed by atoms with van der Waals surface area (Å²) in [5.41, 5.74) is 3.95. The van der Waals surface area contributed by atoms with E-state index in [4.69, 9.17) is 4.74 Å². The summed E-state index contributed by atoms with van der Waals surface area (Å²) in [7, 11) is 1.25. The molecule has 0 unspecified atom stereocenters. The molecule has 1 aliphatic rings. The van der Waals surface area contributed by atoms with E-state index in [0.29, 0.717) is 17.7 Å². The van der Waals surface area contributed by atoms with Gasteiger partial charge >= 0.3 is 5.97 Å². The number of Topliss-reactive ketones (excluding diaryl/α,β-unsaturated/α-hetero) is 1. The van der Waals surface area contributed by atoms with Gasteiger partial charge in [0.05, 0.1) is 18.3 Å². The lowest BCUT2D eigenvalue weighted by Gasteiger charge is -2.34. The van der Waals surface area contributed by atoms with E-state index in [1.165, 1.54) is 18.2 Å². The number of hydrogen-bond donors (Lipinski definition) is 1. The number of carbonyl (C=O) groups excluding carboxylic acids is 3. The van der Waals surface area contributed by atoms with E-state index in [1.807, 2.05) is 24.3 Å².